The van der Waals surface area contributed by atoms with Gasteiger partial charge in [0.2, 0.25) is 11.8 Å². The van der Waals surface area contributed by atoms with Crippen LogP contribution in [0.15, 0.2) is 30.3 Å². The summed E-state index contributed by atoms with van der Waals surface area (Å²) in [7, 11) is 1.56. The van der Waals surface area contributed by atoms with Crippen molar-refractivity contribution in [1.82, 2.24) is 9.97 Å². The van der Waals surface area contributed by atoms with E-state index in [0.717, 1.165) is 18.9 Å². The molecule has 22 heavy (non-hydrogen) atoms. The average molecular weight is 304 g/mol. The highest BCUT2D eigenvalue weighted by Gasteiger charge is 2.15. The third-order valence-electron chi connectivity index (χ3n) is 3.33. The van der Waals surface area contributed by atoms with E-state index in [4.69, 9.17) is 9.47 Å². The van der Waals surface area contributed by atoms with Crippen LogP contribution in [0, 0.1) is 5.82 Å². The maximum Gasteiger partial charge on any atom is 0.232 e. The van der Waals surface area contributed by atoms with Gasteiger partial charge in [0, 0.05) is 24.8 Å². The fourth-order valence-electron chi connectivity index (χ4n) is 2.19. The van der Waals surface area contributed by atoms with Gasteiger partial charge in [0.25, 0.3) is 0 Å². The van der Waals surface area contributed by atoms with Crippen LogP contribution in [0.3, 0.4) is 0 Å². The third-order valence-corrected chi connectivity index (χ3v) is 3.33. The Morgan fingerprint density at radius 3 is 2.59 bits per heavy atom. The second kappa shape index (κ2) is 6.57. The number of benzene rings is 1. The molecule has 7 heteroatoms. The van der Waals surface area contributed by atoms with E-state index >= 15 is 0 Å². The summed E-state index contributed by atoms with van der Waals surface area (Å²) in [6.07, 6.45) is 0. The van der Waals surface area contributed by atoms with Gasteiger partial charge in [-0.25, -0.2) is 4.39 Å². The molecule has 0 amide bonds. The Morgan fingerprint density at radius 2 is 1.91 bits per heavy atom. The lowest BCUT2D eigenvalue weighted by molar-refractivity contribution is 0.122. The number of nitrogens with one attached hydrogen (secondary N) is 1. The minimum atomic E-state index is -0.286. The van der Waals surface area contributed by atoms with Crippen molar-refractivity contribution in [3.63, 3.8) is 0 Å². The molecule has 1 aromatic carbocycles. The standard InChI is InChI=1S/C15H17FN4O2/c1-21-14-10-13(20-6-8-22-9-7-20)18-15(19-14)17-12-4-2-11(16)3-5-12/h2-5,10H,6-9H2,1H3,(H,17,18,19). The molecule has 0 bridgehead atoms. The number of halogens is 1. The Labute approximate surface area is 127 Å². The molecule has 0 saturated carbocycles. The van der Waals surface area contributed by atoms with Gasteiger partial charge in [0.05, 0.1) is 20.3 Å². The van der Waals surface area contributed by atoms with Gasteiger partial charge in [0.15, 0.2) is 0 Å². The van der Waals surface area contributed by atoms with Crippen LogP contribution < -0.4 is 15.0 Å². The molecule has 0 spiro atoms. The van der Waals surface area contributed by atoms with Crippen LogP contribution >= 0.6 is 0 Å². The van der Waals surface area contributed by atoms with Crippen LogP contribution in [-0.4, -0.2) is 43.4 Å². The van der Waals surface area contributed by atoms with Crippen LogP contribution in [0.25, 0.3) is 0 Å². The largest absolute Gasteiger partial charge is 0.481 e. The maximum atomic E-state index is 13.0. The second-order valence-electron chi connectivity index (χ2n) is 4.82. The van der Waals surface area contributed by atoms with Gasteiger partial charge < -0.3 is 19.7 Å². The van der Waals surface area contributed by atoms with Crippen molar-refractivity contribution in [2.24, 2.45) is 0 Å². The molecular formula is C15H17FN4O2. The fraction of sp³-hybridized carbons (Fsp3) is 0.333. The van der Waals surface area contributed by atoms with Crippen LogP contribution in [0.4, 0.5) is 21.8 Å². The molecule has 3 rings (SSSR count). The number of hydrogen-bond acceptors (Lipinski definition) is 6. The first-order valence-corrected chi connectivity index (χ1v) is 7.03. The number of rotatable bonds is 4. The van der Waals surface area contributed by atoms with Gasteiger partial charge in [-0.2, -0.15) is 9.97 Å². The Bertz CT molecular complexity index is 630. The Kier molecular flexibility index (Phi) is 4.34. The number of anilines is 3. The quantitative estimate of drug-likeness (QED) is 0.934. The summed E-state index contributed by atoms with van der Waals surface area (Å²) in [5.41, 5.74) is 0.711. The Balaban J connectivity index is 1.84. The maximum absolute atomic E-state index is 13.0. The van der Waals surface area contributed by atoms with E-state index in [1.54, 1.807) is 25.3 Å². The highest BCUT2D eigenvalue weighted by molar-refractivity contribution is 5.56. The minimum absolute atomic E-state index is 0.286. The monoisotopic (exact) mass is 304 g/mol. The normalized spacial score (nSPS) is 14.7. The molecule has 1 aromatic heterocycles. The summed E-state index contributed by atoms with van der Waals surface area (Å²) in [5, 5.41) is 3.06. The highest BCUT2D eigenvalue weighted by Crippen LogP contribution is 2.22. The molecule has 6 nitrogen and oxygen atoms in total. The summed E-state index contributed by atoms with van der Waals surface area (Å²) in [6, 6.07) is 7.82. The van der Waals surface area contributed by atoms with Gasteiger partial charge in [-0.3, -0.25) is 0 Å². The van der Waals surface area contributed by atoms with Crippen LogP contribution in [0.2, 0.25) is 0 Å². The molecule has 1 aliphatic heterocycles. The van der Waals surface area contributed by atoms with Crippen molar-refractivity contribution in [2.75, 3.05) is 43.6 Å². The van der Waals surface area contributed by atoms with Crippen molar-refractivity contribution < 1.29 is 13.9 Å². The molecule has 0 aliphatic carbocycles. The number of methoxy groups -OCH3 is 1. The minimum Gasteiger partial charge on any atom is -0.481 e. The number of hydrogen-bond donors (Lipinski definition) is 1. The Hall–Kier alpha value is -2.41. The SMILES string of the molecule is COc1cc(N2CCOCC2)nc(Nc2ccc(F)cc2)n1. The summed E-state index contributed by atoms with van der Waals surface area (Å²) >= 11 is 0. The smallest absolute Gasteiger partial charge is 0.232 e. The molecule has 0 radical (unpaired) electrons. The van der Waals surface area contributed by atoms with Crippen molar-refractivity contribution in [1.29, 1.82) is 0 Å². The van der Waals surface area contributed by atoms with E-state index in [-0.39, 0.29) is 5.82 Å². The summed E-state index contributed by atoms with van der Waals surface area (Å²) in [4.78, 5) is 10.9. The number of ether oxygens (including phenoxy) is 2. The van der Waals surface area contributed by atoms with Crippen LogP contribution in [0.1, 0.15) is 0 Å². The second-order valence-corrected chi connectivity index (χ2v) is 4.82. The highest BCUT2D eigenvalue weighted by atomic mass is 19.1. The first-order chi connectivity index (χ1) is 10.7. The van der Waals surface area contributed by atoms with Gasteiger partial charge in [0.1, 0.15) is 11.6 Å². The van der Waals surface area contributed by atoms with Crippen molar-refractivity contribution >= 4 is 17.5 Å². The molecule has 1 N–H and O–H groups in total. The molecule has 2 aromatic rings. The predicted molar refractivity (Wildman–Crippen MR) is 81.3 cm³/mol. The van der Waals surface area contributed by atoms with E-state index in [2.05, 4.69) is 20.2 Å². The molecular weight excluding hydrogens is 287 g/mol. The zero-order valence-corrected chi connectivity index (χ0v) is 12.3. The van der Waals surface area contributed by atoms with E-state index < -0.39 is 0 Å². The van der Waals surface area contributed by atoms with Crippen molar-refractivity contribution in [2.45, 2.75) is 0 Å². The Morgan fingerprint density at radius 1 is 1.18 bits per heavy atom. The lowest BCUT2D eigenvalue weighted by Gasteiger charge is -2.28. The van der Waals surface area contributed by atoms with E-state index in [9.17, 15) is 4.39 Å². The molecule has 1 aliphatic rings. The van der Waals surface area contributed by atoms with Crippen molar-refractivity contribution in [3.8, 4) is 5.88 Å². The predicted octanol–water partition coefficient (Wildman–Crippen LogP) is 2.20. The fourth-order valence-corrected chi connectivity index (χ4v) is 2.19. The first kappa shape index (κ1) is 14.5. The van der Waals surface area contributed by atoms with E-state index in [0.29, 0.717) is 30.7 Å². The summed E-state index contributed by atoms with van der Waals surface area (Å²) in [6.45, 7) is 2.90. The number of nitrogens with zero attached hydrogens (tertiary/aromatic N) is 3. The van der Waals surface area contributed by atoms with Crippen molar-refractivity contribution in [3.05, 3.63) is 36.1 Å². The van der Waals surface area contributed by atoms with Crippen LogP contribution in [-0.2, 0) is 4.74 Å². The number of aromatic nitrogens is 2. The molecule has 0 unspecified atom stereocenters. The zero-order chi connectivity index (χ0) is 15.4. The van der Waals surface area contributed by atoms with Gasteiger partial charge in [-0.15, -0.1) is 0 Å². The van der Waals surface area contributed by atoms with Gasteiger partial charge in [-0.1, -0.05) is 0 Å². The van der Waals surface area contributed by atoms with Gasteiger partial charge >= 0.3 is 0 Å². The topological polar surface area (TPSA) is 59.5 Å². The van der Waals surface area contributed by atoms with E-state index in [1.165, 1.54) is 12.1 Å². The average Bonchev–Trinajstić information content (AvgIpc) is 2.57. The molecule has 1 saturated heterocycles. The molecule has 116 valence electrons. The number of morpholine rings is 1. The molecule has 1 fully saturated rings. The summed E-state index contributed by atoms with van der Waals surface area (Å²) in [5.74, 6) is 1.37. The van der Waals surface area contributed by atoms with E-state index in [1.807, 2.05) is 0 Å². The third kappa shape index (κ3) is 3.43. The lowest BCUT2D eigenvalue weighted by Crippen LogP contribution is -2.36. The summed E-state index contributed by atoms with van der Waals surface area (Å²) < 4.78 is 23.5. The van der Waals surface area contributed by atoms with Crippen LogP contribution in [0.5, 0.6) is 5.88 Å². The molecule has 0 atom stereocenters. The molecule has 2 heterocycles. The zero-order valence-electron chi connectivity index (χ0n) is 12.3. The van der Waals surface area contributed by atoms with Gasteiger partial charge in [-0.05, 0) is 24.3 Å². The lowest BCUT2D eigenvalue weighted by atomic mass is 10.3. The first-order valence-electron chi connectivity index (χ1n) is 7.03.